The van der Waals surface area contributed by atoms with Crippen LogP contribution in [0, 0.1) is 0 Å². The van der Waals surface area contributed by atoms with Crippen LogP contribution in [-0.2, 0) is 11.2 Å². The molecule has 0 bridgehead atoms. The van der Waals surface area contributed by atoms with Crippen molar-refractivity contribution < 1.29 is 14.3 Å². The predicted octanol–water partition coefficient (Wildman–Crippen LogP) is 1.54. The molecule has 0 unspecified atom stereocenters. The molecule has 0 spiro atoms. The van der Waals surface area contributed by atoms with Crippen LogP contribution >= 0.6 is 0 Å². The third kappa shape index (κ3) is 3.72. The predicted molar refractivity (Wildman–Crippen MR) is 36.8 cm³/mol. The Morgan fingerprint density at radius 2 is 2.40 bits per heavy atom. The number of hydrogen-bond acceptors (Lipinski definition) is 2. The van der Waals surface area contributed by atoms with E-state index >= 15 is 0 Å². The van der Waals surface area contributed by atoms with E-state index in [2.05, 4.69) is 6.92 Å². The van der Waals surface area contributed by atoms with Gasteiger partial charge < -0.3 is 9.52 Å². The van der Waals surface area contributed by atoms with E-state index in [-0.39, 0.29) is 6.47 Å². The molecule has 0 aliphatic rings. The van der Waals surface area contributed by atoms with Gasteiger partial charge in [0.25, 0.3) is 6.47 Å². The van der Waals surface area contributed by atoms with Crippen molar-refractivity contribution in [3.63, 3.8) is 0 Å². The summed E-state index contributed by atoms with van der Waals surface area (Å²) in [7, 11) is 0. The number of furan rings is 1. The van der Waals surface area contributed by atoms with Crippen LogP contribution < -0.4 is 0 Å². The Kier molecular flexibility index (Phi) is 5.14. The topological polar surface area (TPSA) is 50.4 Å². The van der Waals surface area contributed by atoms with E-state index in [0.717, 1.165) is 12.2 Å². The Hall–Kier alpha value is -1.25. The van der Waals surface area contributed by atoms with Gasteiger partial charge in [-0.1, -0.05) is 6.92 Å². The van der Waals surface area contributed by atoms with Gasteiger partial charge in [0.2, 0.25) is 0 Å². The zero-order valence-electron chi connectivity index (χ0n) is 5.78. The third-order valence-corrected chi connectivity index (χ3v) is 0.929. The van der Waals surface area contributed by atoms with Gasteiger partial charge >= 0.3 is 0 Å². The molecule has 1 aromatic rings. The first-order valence-electron chi connectivity index (χ1n) is 2.95. The zero-order chi connectivity index (χ0) is 7.82. The van der Waals surface area contributed by atoms with Crippen molar-refractivity contribution in [3.05, 3.63) is 24.2 Å². The number of carbonyl (C=O) groups is 1. The SMILES string of the molecule is CCc1ccco1.O=CO. The maximum absolute atomic E-state index is 8.36. The van der Waals surface area contributed by atoms with Crippen LogP contribution in [0.3, 0.4) is 0 Å². The van der Waals surface area contributed by atoms with Crippen LogP contribution in [0.5, 0.6) is 0 Å². The standard InChI is InChI=1S/C6H8O.CH2O2/c1-2-6-4-3-5-7-6;2-1-3/h3-5H,2H2,1H3;1H,(H,2,3). The van der Waals surface area contributed by atoms with Crippen molar-refractivity contribution in [2.75, 3.05) is 0 Å². The summed E-state index contributed by atoms with van der Waals surface area (Å²) in [5, 5.41) is 6.89. The summed E-state index contributed by atoms with van der Waals surface area (Å²) >= 11 is 0. The third-order valence-electron chi connectivity index (χ3n) is 0.929. The average molecular weight is 142 g/mol. The fourth-order valence-corrected chi connectivity index (χ4v) is 0.514. The quantitative estimate of drug-likeness (QED) is 0.605. The average Bonchev–Trinajstić information content (AvgIpc) is 2.39. The number of aryl methyl sites for hydroxylation is 1. The first-order chi connectivity index (χ1) is 4.85. The molecular formula is C7H10O3. The van der Waals surface area contributed by atoms with E-state index in [1.165, 1.54) is 0 Å². The molecule has 3 nitrogen and oxygen atoms in total. The van der Waals surface area contributed by atoms with Crippen LogP contribution in [0.1, 0.15) is 12.7 Å². The largest absolute Gasteiger partial charge is 0.483 e. The van der Waals surface area contributed by atoms with Crippen molar-refractivity contribution in [1.82, 2.24) is 0 Å². The molecule has 1 rings (SSSR count). The molecular weight excluding hydrogens is 132 g/mol. The number of carboxylic acid groups (broad SMARTS) is 1. The van der Waals surface area contributed by atoms with Gasteiger partial charge in [-0.25, -0.2) is 0 Å². The molecule has 0 aliphatic carbocycles. The summed E-state index contributed by atoms with van der Waals surface area (Å²) < 4.78 is 4.98. The molecule has 0 aliphatic heterocycles. The first kappa shape index (κ1) is 8.75. The van der Waals surface area contributed by atoms with Gasteiger partial charge in [0.1, 0.15) is 5.76 Å². The van der Waals surface area contributed by atoms with Crippen LogP contribution in [0.25, 0.3) is 0 Å². The fourth-order valence-electron chi connectivity index (χ4n) is 0.514. The summed E-state index contributed by atoms with van der Waals surface area (Å²) in [6.07, 6.45) is 2.69. The Labute approximate surface area is 59.3 Å². The van der Waals surface area contributed by atoms with Gasteiger partial charge in [0.05, 0.1) is 6.26 Å². The highest BCUT2D eigenvalue weighted by molar-refractivity contribution is 5.32. The van der Waals surface area contributed by atoms with E-state index in [9.17, 15) is 0 Å². The van der Waals surface area contributed by atoms with Crippen molar-refractivity contribution >= 4 is 6.47 Å². The number of rotatable bonds is 1. The Balaban J connectivity index is 0.000000236. The zero-order valence-corrected chi connectivity index (χ0v) is 5.78. The molecule has 10 heavy (non-hydrogen) atoms. The molecule has 56 valence electrons. The van der Waals surface area contributed by atoms with E-state index in [4.69, 9.17) is 14.3 Å². The summed E-state index contributed by atoms with van der Waals surface area (Å²) in [6, 6.07) is 3.87. The van der Waals surface area contributed by atoms with Gasteiger partial charge in [-0.2, -0.15) is 0 Å². The van der Waals surface area contributed by atoms with Crippen molar-refractivity contribution in [3.8, 4) is 0 Å². The highest BCUT2D eigenvalue weighted by atomic mass is 16.3. The van der Waals surface area contributed by atoms with E-state index < -0.39 is 0 Å². The molecule has 0 atom stereocenters. The smallest absolute Gasteiger partial charge is 0.290 e. The molecule has 0 radical (unpaired) electrons. The minimum absolute atomic E-state index is 0.250. The lowest BCUT2D eigenvalue weighted by atomic mass is 10.4. The molecule has 0 fully saturated rings. The van der Waals surface area contributed by atoms with Gasteiger partial charge in [-0.3, -0.25) is 4.79 Å². The molecule has 0 aromatic carbocycles. The molecule has 1 N–H and O–H groups in total. The second-order valence-electron chi connectivity index (χ2n) is 1.54. The Morgan fingerprint density at radius 1 is 1.80 bits per heavy atom. The second-order valence-corrected chi connectivity index (χ2v) is 1.54. The highest BCUT2D eigenvalue weighted by Crippen LogP contribution is 1.98. The summed E-state index contributed by atoms with van der Waals surface area (Å²) in [5.74, 6) is 1.06. The lowest BCUT2D eigenvalue weighted by Crippen LogP contribution is -1.66. The molecule has 3 heteroatoms. The van der Waals surface area contributed by atoms with Crippen molar-refractivity contribution in [1.29, 1.82) is 0 Å². The Morgan fingerprint density at radius 3 is 2.60 bits per heavy atom. The van der Waals surface area contributed by atoms with Gasteiger partial charge in [-0.15, -0.1) is 0 Å². The van der Waals surface area contributed by atoms with Crippen LogP contribution in [0.15, 0.2) is 22.8 Å². The van der Waals surface area contributed by atoms with Gasteiger partial charge in [0.15, 0.2) is 0 Å². The van der Waals surface area contributed by atoms with Gasteiger partial charge in [0, 0.05) is 6.42 Å². The minimum atomic E-state index is -0.250. The van der Waals surface area contributed by atoms with E-state index in [1.807, 2.05) is 12.1 Å². The minimum Gasteiger partial charge on any atom is -0.483 e. The lowest BCUT2D eigenvalue weighted by Gasteiger charge is -1.79. The molecule has 0 saturated heterocycles. The Bertz CT molecular complexity index is 155. The monoisotopic (exact) mass is 142 g/mol. The van der Waals surface area contributed by atoms with Crippen LogP contribution in [0.2, 0.25) is 0 Å². The van der Waals surface area contributed by atoms with E-state index in [1.54, 1.807) is 6.26 Å². The highest BCUT2D eigenvalue weighted by Gasteiger charge is 1.84. The second kappa shape index (κ2) is 5.88. The van der Waals surface area contributed by atoms with Gasteiger partial charge in [-0.05, 0) is 12.1 Å². The molecule has 0 saturated carbocycles. The van der Waals surface area contributed by atoms with Crippen LogP contribution in [-0.4, -0.2) is 11.6 Å². The van der Waals surface area contributed by atoms with Crippen LogP contribution in [0.4, 0.5) is 0 Å². The molecule has 0 amide bonds. The van der Waals surface area contributed by atoms with E-state index in [0.29, 0.717) is 0 Å². The maximum Gasteiger partial charge on any atom is 0.290 e. The summed E-state index contributed by atoms with van der Waals surface area (Å²) in [5.41, 5.74) is 0. The molecule has 1 aromatic heterocycles. The fraction of sp³-hybridized carbons (Fsp3) is 0.286. The first-order valence-corrected chi connectivity index (χ1v) is 2.95. The van der Waals surface area contributed by atoms with Crippen molar-refractivity contribution in [2.24, 2.45) is 0 Å². The number of hydrogen-bond donors (Lipinski definition) is 1. The molecule has 1 heterocycles. The summed E-state index contributed by atoms with van der Waals surface area (Å²) in [4.78, 5) is 8.36. The summed E-state index contributed by atoms with van der Waals surface area (Å²) in [6.45, 7) is 1.82. The lowest BCUT2D eigenvalue weighted by molar-refractivity contribution is -0.122. The normalized spacial score (nSPS) is 7.70. The van der Waals surface area contributed by atoms with Crippen molar-refractivity contribution in [2.45, 2.75) is 13.3 Å². The maximum atomic E-state index is 8.36.